The minimum atomic E-state index is -1.05. The molecular formula is C22H32N2O6. The third-order valence-electron chi connectivity index (χ3n) is 6.67. The van der Waals surface area contributed by atoms with Gasteiger partial charge in [0.1, 0.15) is 35.8 Å². The van der Waals surface area contributed by atoms with Crippen molar-refractivity contribution in [2.24, 2.45) is 11.3 Å². The molecule has 30 heavy (non-hydrogen) atoms. The molecule has 0 aromatic heterocycles. The first-order chi connectivity index (χ1) is 14.1. The van der Waals surface area contributed by atoms with Gasteiger partial charge >= 0.3 is 6.09 Å². The number of hydrogen-bond donors (Lipinski definition) is 1. The molecule has 1 saturated carbocycles. The van der Waals surface area contributed by atoms with E-state index in [9.17, 15) is 9.59 Å². The smallest absolute Gasteiger partial charge is 0.408 e. The number of alkyl carbamates (subject to hydrolysis) is 1. The van der Waals surface area contributed by atoms with Crippen molar-refractivity contribution in [2.75, 3.05) is 27.4 Å². The van der Waals surface area contributed by atoms with Gasteiger partial charge in [0, 0.05) is 14.2 Å². The van der Waals surface area contributed by atoms with Crippen LogP contribution >= 0.6 is 0 Å². The zero-order chi connectivity index (χ0) is 21.7. The molecule has 4 aliphatic rings. The molecule has 2 heterocycles. The van der Waals surface area contributed by atoms with Gasteiger partial charge in [0.15, 0.2) is 0 Å². The third-order valence-corrected chi connectivity index (χ3v) is 6.67. The lowest BCUT2D eigenvalue weighted by Crippen LogP contribution is -2.60. The summed E-state index contributed by atoms with van der Waals surface area (Å²) in [6.45, 7) is 6.03. The van der Waals surface area contributed by atoms with Gasteiger partial charge in [-0.05, 0) is 39.5 Å². The lowest BCUT2D eigenvalue weighted by molar-refractivity contribution is -0.227. The topological polar surface area (TPSA) is 86.3 Å². The Bertz CT molecular complexity index is 761. The number of methoxy groups -OCH3 is 2. The number of carbonyl (C=O) groups excluding carboxylic acids is 2. The van der Waals surface area contributed by atoms with Crippen molar-refractivity contribution in [1.82, 2.24) is 10.2 Å². The molecule has 3 fully saturated rings. The van der Waals surface area contributed by atoms with Crippen LogP contribution in [0.25, 0.3) is 0 Å². The normalized spacial score (nSPS) is 29.3. The van der Waals surface area contributed by atoms with E-state index >= 15 is 0 Å². The predicted octanol–water partition coefficient (Wildman–Crippen LogP) is 1.67. The number of ether oxygens (including phenoxy) is 4. The fourth-order valence-electron chi connectivity index (χ4n) is 5.13. The van der Waals surface area contributed by atoms with Gasteiger partial charge in [0.05, 0.1) is 6.54 Å². The van der Waals surface area contributed by atoms with E-state index in [-0.39, 0.29) is 24.5 Å². The quantitative estimate of drug-likeness (QED) is 0.538. The highest BCUT2D eigenvalue weighted by atomic mass is 16.7. The monoisotopic (exact) mass is 420 g/mol. The summed E-state index contributed by atoms with van der Waals surface area (Å²) >= 11 is 0. The average molecular weight is 421 g/mol. The number of fused-ring (bicyclic) bond motifs is 2. The van der Waals surface area contributed by atoms with Crippen LogP contribution in [0.15, 0.2) is 0 Å². The third kappa shape index (κ3) is 3.57. The first kappa shape index (κ1) is 21.4. The van der Waals surface area contributed by atoms with Crippen molar-refractivity contribution in [3.05, 3.63) is 0 Å². The first-order valence-corrected chi connectivity index (χ1v) is 10.7. The number of likely N-dealkylation sites (tertiary alicyclic amines) is 1. The molecule has 0 radical (unpaired) electrons. The van der Waals surface area contributed by atoms with Gasteiger partial charge in [0.2, 0.25) is 11.7 Å². The molecule has 0 bridgehead atoms. The van der Waals surface area contributed by atoms with Gasteiger partial charge in [-0.3, -0.25) is 4.79 Å². The summed E-state index contributed by atoms with van der Waals surface area (Å²) < 4.78 is 22.9. The van der Waals surface area contributed by atoms with Crippen molar-refractivity contribution < 1.29 is 28.5 Å². The second kappa shape index (κ2) is 7.40. The minimum absolute atomic E-state index is 0.0713. The van der Waals surface area contributed by atoms with Gasteiger partial charge < -0.3 is 29.2 Å². The number of rotatable bonds is 5. The maximum Gasteiger partial charge on any atom is 0.408 e. The maximum absolute atomic E-state index is 13.8. The lowest BCUT2D eigenvalue weighted by atomic mass is 9.93. The van der Waals surface area contributed by atoms with E-state index in [1.54, 1.807) is 39.9 Å². The van der Waals surface area contributed by atoms with Crippen molar-refractivity contribution in [2.45, 2.75) is 76.0 Å². The predicted molar refractivity (Wildman–Crippen MR) is 107 cm³/mol. The molecule has 8 nitrogen and oxygen atoms in total. The molecule has 1 N–H and O–H groups in total. The summed E-state index contributed by atoms with van der Waals surface area (Å²) in [7, 11) is 3.12. The van der Waals surface area contributed by atoms with E-state index in [4.69, 9.17) is 18.9 Å². The van der Waals surface area contributed by atoms with Crippen LogP contribution in [0, 0.1) is 23.2 Å². The van der Waals surface area contributed by atoms with Gasteiger partial charge in [-0.2, -0.15) is 0 Å². The fourth-order valence-corrected chi connectivity index (χ4v) is 5.13. The summed E-state index contributed by atoms with van der Waals surface area (Å²) in [6.07, 6.45) is 3.00. The van der Waals surface area contributed by atoms with Gasteiger partial charge in [-0.15, -0.1) is 0 Å². The number of amides is 2. The van der Waals surface area contributed by atoms with Gasteiger partial charge in [-0.25, -0.2) is 4.79 Å². The Morgan fingerprint density at radius 1 is 1.17 bits per heavy atom. The highest BCUT2D eigenvalue weighted by Gasteiger charge is 2.69. The molecule has 0 unspecified atom stereocenters. The Labute approximate surface area is 177 Å². The number of hydrogen-bond acceptors (Lipinski definition) is 6. The number of nitrogens with one attached hydrogen (secondary N) is 1. The lowest BCUT2D eigenvalue weighted by Gasteiger charge is -2.38. The number of carbonyl (C=O) groups is 2. The van der Waals surface area contributed by atoms with Crippen molar-refractivity contribution >= 4 is 12.0 Å². The minimum Gasteiger partial charge on any atom is -0.444 e. The molecule has 8 heteroatoms. The average Bonchev–Trinajstić information content (AvgIpc) is 3.05. The zero-order valence-corrected chi connectivity index (χ0v) is 18.4. The molecular weight excluding hydrogens is 388 g/mol. The maximum atomic E-state index is 13.8. The summed E-state index contributed by atoms with van der Waals surface area (Å²) in [5.74, 6) is 5.14. The Hall–Kier alpha value is -1.82. The van der Waals surface area contributed by atoms with Crippen LogP contribution in [0.3, 0.4) is 0 Å². The van der Waals surface area contributed by atoms with Crippen LogP contribution in [0.2, 0.25) is 0 Å². The van der Waals surface area contributed by atoms with E-state index in [1.807, 2.05) is 0 Å². The highest BCUT2D eigenvalue weighted by molar-refractivity contribution is 5.87. The highest BCUT2D eigenvalue weighted by Crippen LogP contribution is 2.51. The molecule has 2 aliphatic carbocycles. The van der Waals surface area contributed by atoms with Crippen molar-refractivity contribution in [3.63, 3.8) is 0 Å². The Morgan fingerprint density at radius 2 is 1.80 bits per heavy atom. The molecule has 2 saturated heterocycles. The van der Waals surface area contributed by atoms with Crippen LogP contribution in [0.1, 0.15) is 46.5 Å². The second-order valence-electron chi connectivity index (χ2n) is 9.75. The molecule has 0 aromatic rings. The van der Waals surface area contributed by atoms with Crippen molar-refractivity contribution in [1.29, 1.82) is 0 Å². The van der Waals surface area contributed by atoms with Gasteiger partial charge in [0.25, 0.3) is 0 Å². The van der Waals surface area contributed by atoms with Crippen molar-refractivity contribution in [3.8, 4) is 11.8 Å². The van der Waals surface area contributed by atoms with Crippen LogP contribution in [-0.2, 0) is 23.7 Å². The van der Waals surface area contributed by atoms with E-state index in [2.05, 4.69) is 17.2 Å². The SMILES string of the molecule is COC1(OC)CO[C@H]2[C@@H]1N(C(=O)[C@@H](NC(=O)OC(C)(C)C)C1CCCC1)CC21C#C1. The molecule has 166 valence electrons. The van der Waals surface area contributed by atoms with E-state index in [1.165, 1.54) is 0 Å². The van der Waals surface area contributed by atoms with Crippen LogP contribution in [0.5, 0.6) is 0 Å². The summed E-state index contributed by atoms with van der Waals surface area (Å²) in [5, 5.41) is 2.87. The zero-order valence-electron chi connectivity index (χ0n) is 18.4. The molecule has 2 amide bonds. The Balaban J connectivity index is 1.59. The summed E-state index contributed by atoms with van der Waals surface area (Å²) in [5.41, 5.74) is -1.15. The van der Waals surface area contributed by atoms with E-state index < -0.39 is 35.0 Å². The second-order valence-corrected chi connectivity index (χ2v) is 9.75. The Kier molecular flexibility index (Phi) is 5.28. The fraction of sp³-hybridized carbons (Fsp3) is 0.818. The molecule has 2 aliphatic heterocycles. The standard InChI is InChI=1S/C22H32N2O6/c1-20(2,3)30-19(26)23-15(14-8-6-7-9-14)18(25)24-12-21(10-11-21)17-16(24)22(27-4,28-5)13-29-17/h14-17H,6-9,12-13H2,1-5H3,(H,23,26)/t15-,16-,17-/m0/s1. The summed E-state index contributed by atoms with van der Waals surface area (Å²) in [6, 6.07) is -1.10. The molecule has 0 aromatic carbocycles. The summed E-state index contributed by atoms with van der Waals surface area (Å²) in [4.78, 5) is 28.1. The Morgan fingerprint density at radius 3 is 2.33 bits per heavy atom. The molecule has 1 spiro atoms. The molecule has 3 atom stereocenters. The van der Waals surface area contributed by atoms with E-state index in [0.29, 0.717) is 6.54 Å². The van der Waals surface area contributed by atoms with E-state index in [0.717, 1.165) is 25.7 Å². The van der Waals surface area contributed by atoms with Crippen LogP contribution in [-0.4, -0.2) is 73.8 Å². The van der Waals surface area contributed by atoms with Crippen LogP contribution < -0.4 is 5.32 Å². The first-order valence-electron chi connectivity index (χ1n) is 10.7. The van der Waals surface area contributed by atoms with Gasteiger partial charge in [-0.1, -0.05) is 24.7 Å². The number of nitrogens with zero attached hydrogens (tertiary/aromatic N) is 1. The van der Waals surface area contributed by atoms with Crippen LogP contribution in [0.4, 0.5) is 4.79 Å². The molecule has 4 rings (SSSR count). The largest absolute Gasteiger partial charge is 0.444 e.